The zero-order chi connectivity index (χ0) is 25.3. The summed E-state index contributed by atoms with van der Waals surface area (Å²) in [5.41, 5.74) is 2.17. The molecule has 2 amide bonds. The van der Waals surface area contributed by atoms with Gasteiger partial charge in [-0.1, -0.05) is 36.4 Å². The summed E-state index contributed by atoms with van der Waals surface area (Å²) < 4.78 is 38.9. The second-order valence-corrected chi connectivity index (χ2v) is 8.55. The number of anilines is 1. The number of benzene rings is 3. The van der Waals surface area contributed by atoms with Crippen molar-refractivity contribution in [1.82, 2.24) is 9.80 Å². The van der Waals surface area contributed by atoms with Crippen molar-refractivity contribution in [3.63, 3.8) is 0 Å². The first-order valence-electron chi connectivity index (χ1n) is 12.2. The molecule has 1 N–H and O–H groups in total. The predicted molar refractivity (Wildman–Crippen MR) is 135 cm³/mol. The number of carbonyl (C=O) groups is 1. The van der Waals surface area contributed by atoms with Crippen molar-refractivity contribution in [2.75, 3.05) is 51.3 Å². The fourth-order valence-corrected chi connectivity index (χ4v) is 4.17. The summed E-state index contributed by atoms with van der Waals surface area (Å²) in [6.45, 7) is 6.26. The van der Waals surface area contributed by atoms with E-state index in [0.29, 0.717) is 38.4 Å². The van der Waals surface area contributed by atoms with E-state index in [1.807, 2.05) is 61.5 Å². The van der Waals surface area contributed by atoms with Crippen molar-refractivity contribution in [3.8, 4) is 5.75 Å². The van der Waals surface area contributed by atoms with Gasteiger partial charge in [-0.15, -0.1) is 0 Å². The van der Waals surface area contributed by atoms with Crippen molar-refractivity contribution in [2.45, 2.75) is 13.0 Å². The zero-order valence-electron chi connectivity index (χ0n) is 20.3. The van der Waals surface area contributed by atoms with E-state index in [1.165, 1.54) is 6.07 Å². The molecule has 0 spiro atoms. The molecule has 1 atom stereocenters. The number of carbonyl (C=O) groups excluding carboxylic acids is 1. The van der Waals surface area contributed by atoms with Crippen LogP contribution in [0.4, 0.5) is 19.3 Å². The van der Waals surface area contributed by atoms with Crippen LogP contribution in [0.1, 0.15) is 24.2 Å². The lowest BCUT2D eigenvalue weighted by atomic mass is 10.0. The molecule has 4 rings (SSSR count). The summed E-state index contributed by atoms with van der Waals surface area (Å²) >= 11 is 0. The topological polar surface area (TPSA) is 54.0 Å². The van der Waals surface area contributed by atoms with Crippen molar-refractivity contribution in [1.29, 1.82) is 0 Å². The summed E-state index contributed by atoms with van der Waals surface area (Å²) in [5, 5.41) is 2.93. The maximum atomic E-state index is 13.9. The maximum absolute atomic E-state index is 13.9. The molecule has 0 saturated carbocycles. The predicted octanol–water partition coefficient (Wildman–Crippen LogP) is 5.32. The Balaban J connectivity index is 1.26. The molecule has 1 unspecified atom stereocenters. The number of nitrogens with zero attached hydrogens (tertiary/aromatic N) is 2. The van der Waals surface area contributed by atoms with Gasteiger partial charge in [0.15, 0.2) is 11.6 Å². The summed E-state index contributed by atoms with van der Waals surface area (Å²) in [6.07, 6.45) is -0.498. The van der Waals surface area contributed by atoms with E-state index in [4.69, 9.17) is 9.47 Å². The quantitative estimate of drug-likeness (QED) is 0.437. The average molecular weight is 496 g/mol. The number of nitrogens with one attached hydrogen (secondary N) is 1. The van der Waals surface area contributed by atoms with Gasteiger partial charge in [-0.25, -0.2) is 13.6 Å². The van der Waals surface area contributed by atoms with Crippen LogP contribution in [0.2, 0.25) is 0 Å². The van der Waals surface area contributed by atoms with Gasteiger partial charge < -0.3 is 19.7 Å². The van der Waals surface area contributed by atoms with Crippen LogP contribution in [-0.2, 0) is 4.74 Å². The molecule has 0 aliphatic carbocycles. The van der Waals surface area contributed by atoms with Crippen molar-refractivity contribution in [2.24, 2.45) is 0 Å². The van der Waals surface area contributed by atoms with Crippen LogP contribution >= 0.6 is 0 Å². The van der Waals surface area contributed by atoms with Gasteiger partial charge in [-0.05, 0) is 54.4 Å². The van der Waals surface area contributed by atoms with Crippen LogP contribution in [0.25, 0.3) is 0 Å². The molecule has 3 aromatic carbocycles. The molecule has 0 aromatic heterocycles. The van der Waals surface area contributed by atoms with Gasteiger partial charge in [-0.2, -0.15) is 0 Å². The molecule has 0 radical (unpaired) electrons. The third-order valence-corrected chi connectivity index (χ3v) is 6.12. The molecule has 8 heteroatoms. The van der Waals surface area contributed by atoms with E-state index in [2.05, 4.69) is 10.2 Å². The molecule has 190 valence electrons. The van der Waals surface area contributed by atoms with Crippen LogP contribution in [0.5, 0.6) is 5.75 Å². The van der Waals surface area contributed by atoms with E-state index in [0.717, 1.165) is 36.2 Å². The first-order valence-corrected chi connectivity index (χ1v) is 12.2. The normalized spacial score (nSPS) is 14.9. The highest BCUT2D eigenvalue weighted by Gasteiger charge is 2.22. The smallest absolute Gasteiger partial charge is 0.321 e. The highest BCUT2D eigenvalue weighted by atomic mass is 19.2. The Morgan fingerprint density at radius 2 is 1.64 bits per heavy atom. The minimum Gasteiger partial charge on any atom is -0.494 e. The fourth-order valence-electron chi connectivity index (χ4n) is 4.17. The lowest BCUT2D eigenvalue weighted by Gasteiger charge is -2.34. The standard InChI is InChI=1S/C28H31F2N3O3/c1-2-35-24-11-9-23(10-12-24)31-28(34)33-16-14-32(15-17-33)18-19-36-27(21-6-4-3-5-7-21)22-8-13-25(29)26(30)20-22/h3-13,20,27H,2,14-19H2,1H3,(H,31,34). The van der Waals surface area contributed by atoms with Gasteiger partial charge in [0.1, 0.15) is 11.9 Å². The highest BCUT2D eigenvalue weighted by molar-refractivity contribution is 5.89. The van der Waals surface area contributed by atoms with Gasteiger partial charge in [0.25, 0.3) is 0 Å². The third-order valence-electron chi connectivity index (χ3n) is 6.12. The molecular formula is C28H31F2N3O3. The summed E-state index contributed by atoms with van der Waals surface area (Å²) in [6, 6.07) is 20.6. The van der Waals surface area contributed by atoms with Crippen molar-refractivity contribution >= 4 is 11.7 Å². The SMILES string of the molecule is CCOc1ccc(NC(=O)N2CCN(CCOC(c3ccccc3)c3ccc(F)c(F)c3)CC2)cc1. The highest BCUT2D eigenvalue weighted by Crippen LogP contribution is 2.27. The lowest BCUT2D eigenvalue weighted by Crippen LogP contribution is -2.50. The average Bonchev–Trinajstić information content (AvgIpc) is 2.90. The molecular weight excluding hydrogens is 464 g/mol. The monoisotopic (exact) mass is 495 g/mol. The Kier molecular flexibility index (Phi) is 8.86. The Morgan fingerprint density at radius 3 is 2.31 bits per heavy atom. The van der Waals surface area contributed by atoms with Crippen LogP contribution in [0.15, 0.2) is 72.8 Å². The first-order chi connectivity index (χ1) is 17.5. The van der Waals surface area contributed by atoms with Crippen LogP contribution < -0.4 is 10.1 Å². The molecule has 1 saturated heterocycles. The molecule has 1 aliphatic heterocycles. The fraction of sp³-hybridized carbons (Fsp3) is 0.321. The Hall–Kier alpha value is -3.49. The number of rotatable bonds is 9. The van der Waals surface area contributed by atoms with Gasteiger partial charge in [-0.3, -0.25) is 4.90 Å². The number of hydrogen-bond acceptors (Lipinski definition) is 4. The number of ether oxygens (including phenoxy) is 2. The van der Waals surface area contributed by atoms with Gasteiger partial charge in [0, 0.05) is 38.4 Å². The summed E-state index contributed by atoms with van der Waals surface area (Å²) in [5.74, 6) is -1.00. The number of urea groups is 1. The van der Waals surface area contributed by atoms with E-state index in [1.54, 1.807) is 11.0 Å². The van der Waals surface area contributed by atoms with Crippen LogP contribution in [0, 0.1) is 11.6 Å². The van der Waals surface area contributed by atoms with Gasteiger partial charge in [0.2, 0.25) is 0 Å². The Bertz CT molecular complexity index is 1120. The van der Waals surface area contributed by atoms with E-state index < -0.39 is 17.7 Å². The lowest BCUT2D eigenvalue weighted by molar-refractivity contribution is 0.0496. The molecule has 0 bridgehead atoms. The molecule has 1 heterocycles. The third kappa shape index (κ3) is 6.80. The molecule has 1 fully saturated rings. The minimum atomic E-state index is -0.892. The van der Waals surface area contributed by atoms with Gasteiger partial charge in [0.05, 0.1) is 13.2 Å². The maximum Gasteiger partial charge on any atom is 0.321 e. The number of hydrogen-bond donors (Lipinski definition) is 1. The molecule has 6 nitrogen and oxygen atoms in total. The Labute approximate surface area is 210 Å². The minimum absolute atomic E-state index is 0.127. The van der Waals surface area contributed by atoms with Crippen LogP contribution in [-0.4, -0.2) is 61.8 Å². The van der Waals surface area contributed by atoms with Crippen LogP contribution in [0.3, 0.4) is 0 Å². The summed E-state index contributed by atoms with van der Waals surface area (Å²) in [4.78, 5) is 16.7. The largest absolute Gasteiger partial charge is 0.494 e. The second kappa shape index (κ2) is 12.5. The zero-order valence-corrected chi connectivity index (χ0v) is 20.3. The second-order valence-electron chi connectivity index (χ2n) is 8.55. The number of piperazine rings is 1. The van der Waals surface area contributed by atoms with E-state index >= 15 is 0 Å². The van der Waals surface area contributed by atoms with E-state index in [-0.39, 0.29) is 6.03 Å². The van der Waals surface area contributed by atoms with Crippen molar-refractivity contribution < 1.29 is 23.0 Å². The Morgan fingerprint density at radius 1 is 0.917 bits per heavy atom. The van der Waals surface area contributed by atoms with E-state index in [9.17, 15) is 13.6 Å². The molecule has 36 heavy (non-hydrogen) atoms. The summed E-state index contributed by atoms with van der Waals surface area (Å²) in [7, 11) is 0. The van der Waals surface area contributed by atoms with Crippen molar-refractivity contribution in [3.05, 3.63) is 95.6 Å². The number of amides is 2. The van der Waals surface area contributed by atoms with Gasteiger partial charge >= 0.3 is 6.03 Å². The first kappa shape index (κ1) is 25.6. The molecule has 3 aromatic rings. The number of halogens is 2. The molecule has 1 aliphatic rings.